The highest BCUT2D eigenvalue weighted by Gasteiger charge is 2.39. The van der Waals surface area contributed by atoms with Gasteiger partial charge in [-0.15, -0.1) is 0 Å². The van der Waals surface area contributed by atoms with Gasteiger partial charge in [-0.05, 0) is 18.4 Å². The molecule has 0 bridgehead atoms. The third-order valence-electron chi connectivity index (χ3n) is 2.60. The van der Waals surface area contributed by atoms with E-state index in [1.807, 2.05) is 0 Å². The fourth-order valence-electron chi connectivity index (χ4n) is 1.75. The lowest BCUT2D eigenvalue weighted by Gasteiger charge is -1.92. The maximum absolute atomic E-state index is 5.62. The van der Waals surface area contributed by atoms with E-state index >= 15 is 0 Å². The third kappa shape index (κ3) is 1.17. The van der Waals surface area contributed by atoms with E-state index in [4.69, 9.17) is 5.73 Å². The molecule has 1 saturated carbocycles. The van der Waals surface area contributed by atoms with Crippen molar-refractivity contribution in [3.63, 3.8) is 0 Å². The van der Waals surface area contributed by atoms with Gasteiger partial charge >= 0.3 is 0 Å². The van der Waals surface area contributed by atoms with Gasteiger partial charge < -0.3 is 5.73 Å². The first kappa shape index (κ1) is 6.89. The summed E-state index contributed by atoms with van der Waals surface area (Å²) in [4.78, 5) is 4.38. The van der Waals surface area contributed by atoms with Gasteiger partial charge in [0.2, 0.25) is 0 Å². The number of rotatable bonds is 2. The molecule has 0 spiro atoms. The lowest BCUT2D eigenvalue weighted by molar-refractivity contribution is 0.769. The molecule has 2 atom stereocenters. The predicted octanol–water partition coefficient (Wildman–Crippen LogP) is 1.33. The van der Waals surface area contributed by atoms with Crippen molar-refractivity contribution >= 4 is 5.71 Å². The van der Waals surface area contributed by atoms with E-state index in [0.717, 1.165) is 24.1 Å². The molecule has 60 valence electrons. The molecule has 0 aromatic heterocycles. The van der Waals surface area contributed by atoms with Gasteiger partial charge in [-0.3, -0.25) is 4.99 Å². The molecule has 1 heterocycles. The summed E-state index contributed by atoms with van der Waals surface area (Å²) in [6, 6.07) is 0. The molecule has 0 aromatic rings. The minimum atomic E-state index is 0.738. The number of nitrogens with zero attached hydrogens (tertiary/aromatic N) is 1. The van der Waals surface area contributed by atoms with Crippen LogP contribution < -0.4 is 5.73 Å². The van der Waals surface area contributed by atoms with Crippen molar-refractivity contribution in [3.8, 4) is 0 Å². The quantitative estimate of drug-likeness (QED) is 0.633. The van der Waals surface area contributed by atoms with Crippen molar-refractivity contribution in [1.29, 1.82) is 0 Å². The highest BCUT2D eigenvalue weighted by atomic mass is 14.8. The topological polar surface area (TPSA) is 38.4 Å². The Bertz CT molecular complexity index is 228. The van der Waals surface area contributed by atoms with E-state index in [-0.39, 0.29) is 0 Å². The number of aliphatic imine (C=N–C) groups is 1. The third-order valence-corrected chi connectivity index (χ3v) is 2.60. The molecule has 2 rings (SSSR count). The van der Waals surface area contributed by atoms with Gasteiger partial charge in [0.25, 0.3) is 0 Å². The molecule has 2 unspecified atom stereocenters. The van der Waals surface area contributed by atoms with Crippen LogP contribution in [0, 0.1) is 11.8 Å². The minimum absolute atomic E-state index is 0.738. The van der Waals surface area contributed by atoms with E-state index < -0.39 is 0 Å². The molecular formula is C9H14N2. The monoisotopic (exact) mass is 150 g/mol. The smallest absolute Gasteiger partial charge is 0.0788 e. The highest BCUT2D eigenvalue weighted by molar-refractivity contribution is 6.00. The Balaban J connectivity index is 1.99. The normalized spacial score (nSPS) is 35.0. The average Bonchev–Trinajstić information content (AvgIpc) is 2.68. The maximum Gasteiger partial charge on any atom is 0.0788 e. The van der Waals surface area contributed by atoms with Crippen molar-refractivity contribution in [2.24, 2.45) is 22.6 Å². The van der Waals surface area contributed by atoms with Crippen molar-refractivity contribution in [1.82, 2.24) is 0 Å². The minimum Gasteiger partial charge on any atom is -0.400 e. The molecule has 2 nitrogen and oxygen atoms in total. The number of hydrogen-bond donors (Lipinski definition) is 1. The van der Waals surface area contributed by atoms with E-state index in [2.05, 4.69) is 18.0 Å². The molecule has 1 aliphatic heterocycles. The Labute approximate surface area is 67.2 Å². The summed E-state index contributed by atoms with van der Waals surface area (Å²) in [5.41, 5.74) is 7.81. The number of hydrogen-bond acceptors (Lipinski definition) is 2. The SMILES string of the molecule is CCC1CC1C1=NCC(N)=C1. The van der Waals surface area contributed by atoms with Gasteiger partial charge in [-0.25, -0.2) is 0 Å². The summed E-state index contributed by atoms with van der Waals surface area (Å²) in [5.74, 6) is 1.65. The second-order valence-corrected chi connectivity index (χ2v) is 3.47. The lowest BCUT2D eigenvalue weighted by atomic mass is 10.2. The lowest BCUT2D eigenvalue weighted by Crippen LogP contribution is -1.97. The van der Waals surface area contributed by atoms with E-state index in [1.165, 1.54) is 18.6 Å². The molecular weight excluding hydrogens is 136 g/mol. The summed E-state index contributed by atoms with van der Waals surface area (Å²) in [6.07, 6.45) is 4.68. The fraction of sp³-hybridized carbons (Fsp3) is 0.667. The Hall–Kier alpha value is -0.790. The maximum atomic E-state index is 5.62. The Kier molecular flexibility index (Phi) is 1.48. The molecule has 0 radical (unpaired) electrons. The van der Waals surface area contributed by atoms with Crippen LogP contribution in [0.15, 0.2) is 16.8 Å². The van der Waals surface area contributed by atoms with Crippen molar-refractivity contribution in [3.05, 3.63) is 11.8 Å². The summed E-state index contributed by atoms with van der Waals surface area (Å²) in [6.45, 7) is 2.98. The van der Waals surface area contributed by atoms with Crippen LogP contribution in [-0.4, -0.2) is 12.3 Å². The molecule has 2 N–H and O–H groups in total. The average molecular weight is 150 g/mol. The molecule has 1 fully saturated rings. The van der Waals surface area contributed by atoms with Gasteiger partial charge in [-0.1, -0.05) is 13.3 Å². The standard InChI is InChI=1S/C9H14N2/c1-2-6-3-8(6)9-4-7(10)5-11-9/h4,6,8H,2-3,5,10H2,1H3. The Morgan fingerprint density at radius 3 is 3.00 bits per heavy atom. The second kappa shape index (κ2) is 2.36. The van der Waals surface area contributed by atoms with Crippen LogP contribution in [0.2, 0.25) is 0 Å². The van der Waals surface area contributed by atoms with Crippen LogP contribution in [0.5, 0.6) is 0 Å². The largest absolute Gasteiger partial charge is 0.400 e. The molecule has 11 heavy (non-hydrogen) atoms. The second-order valence-electron chi connectivity index (χ2n) is 3.47. The first-order chi connectivity index (χ1) is 5.31. The van der Waals surface area contributed by atoms with Crippen LogP contribution in [0.3, 0.4) is 0 Å². The summed E-state index contributed by atoms with van der Waals surface area (Å²) in [7, 11) is 0. The van der Waals surface area contributed by atoms with E-state index in [9.17, 15) is 0 Å². The van der Waals surface area contributed by atoms with Crippen LogP contribution in [0.25, 0.3) is 0 Å². The molecule has 0 amide bonds. The van der Waals surface area contributed by atoms with Crippen LogP contribution in [-0.2, 0) is 0 Å². The Morgan fingerprint density at radius 2 is 2.55 bits per heavy atom. The van der Waals surface area contributed by atoms with Gasteiger partial charge in [-0.2, -0.15) is 0 Å². The van der Waals surface area contributed by atoms with Crippen molar-refractivity contribution in [2.45, 2.75) is 19.8 Å². The van der Waals surface area contributed by atoms with E-state index in [0.29, 0.717) is 0 Å². The van der Waals surface area contributed by atoms with Gasteiger partial charge in [0.05, 0.1) is 6.54 Å². The first-order valence-corrected chi connectivity index (χ1v) is 4.31. The van der Waals surface area contributed by atoms with Crippen LogP contribution in [0.4, 0.5) is 0 Å². The van der Waals surface area contributed by atoms with Gasteiger partial charge in [0.15, 0.2) is 0 Å². The predicted molar refractivity (Wildman–Crippen MR) is 46.5 cm³/mol. The molecule has 0 aromatic carbocycles. The van der Waals surface area contributed by atoms with Crippen molar-refractivity contribution in [2.75, 3.05) is 6.54 Å². The molecule has 1 aliphatic carbocycles. The zero-order valence-electron chi connectivity index (χ0n) is 6.88. The van der Waals surface area contributed by atoms with Crippen LogP contribution in [0.1, 0.15) is 19.8 Å². The van der Waals surface area contributed by atoms with Crippen LogP contribution >= 0.6 is 0 Å². The van der Waals surface area contributed by atoms with Gasteiger partial charge in [0.1, 0.15) is 0 Å². The molecule has 2 heteroatoms. The summed E-state index contributed by atoms with van der Waals surface area (Å²) < 4.78 is 0. The number of nitrogens with two attached hydrogens (primary N) is 1. The Morgan fingerprint density at radius 1 is 1.73 bits per heavy atom. The summed E-state index contributed by atoms with van der Waals surface area (Å²) >= 11 is 0. The summed E-state index contributed by atoms with van der Waals surface area (Å²) in [5, 5.41) is 0. The zero-order chi connectivity index (χ0) is 7.84. The zero-order valence-corrected chi connectivity index (χ0v) is 6.88. The first-order valence-electron chi connectivity index (χ1n) is 4.31. The van der Waals surface area contributed by atoms with E-state index in [1.54, 1.807) is 0 Å². The number of allylic oxidation sites excluding steroid dienone is 1. The van der Waals surface area contributed by atoms with Gasteiger partial charge in [0, 0.05) is 17.3 Å². The highest BCUT2D eigenvalue weighted by Crippen LogP contribution is 2.43. The fourth-order valence-corrected chi connectivity index (χ4v) is 1.75. The van der Waals surface area contributed by atoms with Crippen molar-refractivity contribution < 1.29 is 0 Å². The molecule has 0 saturated heterocycles. The molecule has 2 aliphatic rings.